The molecular formula is C14H27Br. The van der Waals surface area contributed by atoms with E-state index in [1.165, 1.54) is 51.4 Å². The summed E-state index contributed by atoms with van der Waals surface area (Å²) in [6.07, 6.45) is 11.7. The third-order valence-electron chi connectivity index (χ3n) is 3.74. The molecule has 0 N–H and O–H groups in total. The number of alkyl halides is 1. The van der Waals surface area contributed by atoms with Crippen LogP contribution in [0.15, 0.2) is 0 Å². The van der Waals surface area contributed by atoms with Gasteiger partial charge in [-0.2, -0.15) is 0 Å². The van der Waals surface area contributed by atoms with E-state index in [9.17, 15) is 0 Å². The van der Waals surface area contributed by atoms with E-state index in [-0.39, 0.29) is 0 Å². The SMILES string of the molecule is CC(C)(C)C(Br)CCC1CCCCCC1. The second-order valence-electron chi connectivity index (χ2n) is 6.27. The molecule has 0 aromatic carbocycles. The van der Waals surface area contributed by atoms with E-state index < -0.39 is 0 Å². The number of hydrogen-bond acceptors (Lipinski definition) is 0. The summed E-state index contributed by atoms with van der Waals surface area (Å²) in [7, 11) is 0. The van der Waals surface area contributed by atoms with Crippen LogP contribution in [0.4, 0.5) is 0 Å². The Morgan fingerprint density at radius 3 is 2.07 bits per heavy atom. The van der Waals surface area contributed by atoms with Crippen molar-refractivity contribution in [2.45, 2.75) is 77.0 Å². The lowest BCUT2D eigenvalue weighted by molar-refractivity contribution is 0.341. The Labute approximate surface area is 104 Å². The van der Waals surface area contributed by atoms with E-state index in [2.05, 4.69) is 36.7 Å². The zero-order valence-electron chi connectivity index (χ0n) is 10.7. The van der Waals surface area contributed by atoms with Gasteiger partial charge in [-0.15, -0.1) is 0 Å². The molecule has 0 aromatic heterocycles. The third-order valence-corrected chi connectivity index (χ3v) is 5.57. The standard InChI is InChI=1S/C14H27Br/c1-14(2,3)13(15)11-10-12-8-6-4-5-7-9-12/h12-13H,4-11H2,1-3H3. The average Bonchev–Trinajstić information content (AvgIpc) is 2.40. The summed E-state index contributed by atoms with van der Waals surface area (Å²) in [6, 6.07) is 0. The molecule has 1 heteroatoms. The van der Waals surface area contributed by atoms with Gasteiger partial charge in [0, 0.05) is 4.83 Å². The predicted molar refractivity (Wildman–Crippen MR) is 72.6 cm³/mol. The number of rotatable bonds is 3. The first-order valence-electron chi connectivity index (χ1n) is 6.64. The fourth-order valence-electron chi connectivity index (χ4n) is 2.47. The van der Waals surface area contributed by atoms with Crippen LogP contribution in [-0.4, -0.2) is 4.83 Å². The highest BCUT2D eigenvalue weighted by atomic mass is 79.9. The molecule has 0 aromatic rings. The third kappa shape index (κ3) is 5.38. The average molecular weight is 275 g/mol. The van der Waals surface area contributed by atoms with Crippen LogP contribution in [0.2, 0.25) is 0 Å². The van der Waals surface area contributed by atoms with E-state index in [1.54, 1.807) is 0 Å². The summed E-state index contributed by atoms with van der Waals surface area (Å²) in [5, 5.41) is 0. The van der Waals surface area contributed by atoms with Gasteiger partial charge in [0.25, 0.3) is 0 Å². The molecule has 1 rings (SSSR count). The molecule has 0 bridgehead atoms. The summed E-state index contributed by atoms with van der Waals surface area (Å²) in [4.78, 5) is 0.688. The second kappa shape index (κ2) is 6.27. The Hall–Kier alpha value is 0.480. The van der Waals surface area contributed by atoms with Crippen molar-refractivity contribution in [3.05, 3.63) is 0 Å². The van der Waals surface area contributed by atoms with Crippen LogP contribution in [-0.2, 0) is 0 Å². The molecule has 1 aliphatic carbocycles. The second-order valence-corrected chi connectivity index (χ2v) is 7.37. The largest absolute Gasteiger partial charge is 0.0885 e. The van der Waals surface area contributed by atoms with Crippen molar-refractivity contribution in [1.29, 1.82) is 0 Å². The lowest BCUT2D eigenvalue weighted by Crippen LogP contribution is -2.21. The van der Waals surface area contributed by atoms with Gasteiger partial charge in [-0.1, -0.05) is 75.2 Å². The smallest absolute Gasteiger partial charge is 0.0194 e. The number of halogens is 1. The Balaban J connectivity index is 2.23. The van der Waals surface area contributed by atoms with Crippen molar-refractivity contribution in [2.75, 3.05) is 0 Å². The van der Waals surface area contributed by atoms with E-state index in [1.807, 2.05) is 0 Å². The predicted octanol–water partition coefficient (Wildman–Crippen LogP) is 5.55. The minimum absolute atomic E-state index is 0.421. The van der Waals surface area contributed by atoms with Crippen LogP contribution >= 0.6 is 15.9 Å². The Morgan fingerprint density at radius 1 is 1.07 bits per heavy atom. The zero-order valence-corrected chi connectivity index (χ0v) is 12.3. The minimum atomic E-state index is 0.421. The normalized spacial score (nSPS) is 22.4. The first kappa shape index (κ1) is 13.5. The molecular weight excluding hydrogens is 248 g/mol. The van der Waals surface area contributed by atoms with Gasteiger partial charge in [0.1, 0.15) is 0 Å². The van der Waals surface area contributed by atoms with Crippen molar-refractivity contribution in [1.82, 2.24) is 0 Å². The monoisotopic (exact) mass is 274 g/mol. The Kier molecular flexibility index (Phi) is 5.66. The maximum Gasteiger partial charge on any atom is 0.0194 e. The molecule has 1 atom stereocenters. The molecule has 0 radical (unpaired) electrons. The van der Waals surface area contributed by atoms with Crippen molar-refractivity contribution in [2.24, 2.45) is 11.3 Å². The van der Waals surface area contributed by atoms with Crippen LogP contribution < -0.4 is 0 Å². The van der Waals surface area contributed by atoms with E-state index >= 15 is 0 Å². The summed E-state index contributed by atoms with van der Waals surface area (Å²) >= 11 is 3.84. The van der Waals surface area contributed by atoms with Gasteiger partial charge in [-0.3, -0.25) is 0 Å². The van der Waals surface area contributed by atoms with Gasteiger partial charge < -0.3 is 0 Å². The molecule has 0 aliphatic heterocycles. The molecule has 0 amide bonds. The summed E-state index contributed by atoms with van der Waals surface area (Å²) in [6.45, 7) is 7.00. The molecule has 15 heavy (non-hydrogen) atoms. The fraction of sp³-hybridized carbons (Fsp3) is 1.00. The highest BCUT2D eigenvalue weighted by Gasteiger charge is 2.23. The van der Waals surface area contributed by atoms with Crippen LogP contribution in [0.25, 0.3) is 0 Å². The van der Waals surface area contributed by atoms with E-state index in [4.69, 9.17) is 0 Å². The van der Waals surface area contributed by atoms with Gasteiger partial charge in [0.2, 0.25) is 0 Å². The molecule has 0 saturated heterocycles. The van der Waals surface area contributed by atoms with Gasteiger partial charge in [-0.25, -0.2) is 0 Å². The quantitative estimate of drug-likeness (QED) is 0.468. The van der Waals surface area contributed by atoms with Crippen molar-refractivity contribution in [3.63, 3.8) is 0 Å². The van der Waals surface area contributed by atoms with E-state index in [0.29, 0.717) is 10.2 Å². The zero-order chi connectivity index (χ0) is 11.3. The summed E-state index contributed by atoms with van der Waals surface area (Å²) in [5.41, 5.74) is 0.421. The van der Waals surface area contributed by atoms with Crippen LogP contribution in [0.1, 0.15) is 72.1 Å². The molecule has 1 unspecified atom stereocenters. The molecule has 1 aliphatic rings. The molecule has 0 heterocycles. The lowest BCUT2D eigenvalue weighted by Gasteiger charge is -2.27. The van der Waals surface area contributed by atoms with Crippen molar-refractivity contribution < 1.29 is 0 Å². The molecule has 1 saturated carbocycles. The molecule has 90 valence electrons. The van der Waals surface area contributed by atoms with Crippen molar-refractivity contribution >= 4 is 15.9 Å². The maximum absolute atomic E-state index is 3.84. The highest BCUT2D eigenvalue weighted by Crippen LogP contribution is 2.33. The van der Waals surface area contributed by atoms with Gasteiger partial charge in [-0.05, 0) is 24.2 Å². The minimum Gasteiger partial charge on any atom is -0.0885 e. The fourth-order valence-corrected chi connectivity index (χ4v) is 2.73. The number of hydrogen-bond donors (Lipinski definition) is 0. The van der Waals surface area contributed by atoms with Crippen LogP contribution in [0.3, 0.4) is 0 Å². The van der Waals surface area contributed by atoms with Crippen molar-refractivity contribution in [3.8, 4) is 0 Å². The topological polar surface area (TPSA) is 0 Å². The van der Waals surface area contributed by atoms with Crippen LogP contribution in [0, 0.1) is 11.3 Å². The Morgan fingerprint density at radius 2 is 1.60 bits per heavy atom. The van der Waals surface area contributed by atoms with Crippen LogP contribution in [0.5, 0.6) is 0 Å². The van der Waals surface area contributed by atoms with Gasteiger partial charge in [0.05, 0.1) is 0 Å². The highest BCUT2D eigenvalue weighted by molar-refractivity contribution is 9.09. The van der Waals surface area contributed by atoms with Gasteiger partial charge in [0.15, 0.2) is 0 Å². The van der Waals surface area contributed by atoms with Gasteiger partial charge >= 0.3 is 0 Å². The maximum atomic E-state index is 3.84. The first-order chi connectivity index (χ1) is 7.00. The lowest BCUT2D eigenvalue weighted by atomic mass is 9.86. The molecule has 1 fully saturated rings. The summed E-state index contributed by atoms with van der Waals surface area (Å²) < 4.78 is 0. The molecule has 0 spiro atoms. The van der Waals surface area contributed by atoms with E-state index in [0.717, 1.165) is 5.92 Å². The molecule has 0 nitrogen and oxygen atoms in total. The summed E-state index contributed by atoms with van der Waals surface area (Å²) in [5.74, 6) is 1.02. The Bertz CT molecular complexity index is 161. The first-order valence-corrected chi connectivity index (χ1v) is 7.56.